The van der Waals surface area contributed by atoms with Crippen LogP contribution in [0.1, 0.15) is 71.4 Å². The first-order valence-corrected chi connectivity index (χ1v) is 9.52. The lowest BCUT2D eigenvalue weighted by molar-refractivity contribution is 0.247. The molecule has 2 saturated carbocycles. The molecular formula is C19H32N4O. The van der Waals surface area contributed by atoms with Gasteiger partial charge in [0.25, 0.3) is 0 Å². The normalized spacial score (nSPS) is 21.7. The average Bonchev–Trinajstić information content (AvgIpc) is 2.99. The van der Waals surface area contributed by atoms with Crippen LogP contribution in [-0.4, -0.2) is 22.4 Å². The van der Waals surface area contributed by atoms with E-state index >= 15 is 0 Å². The summed E-state index contributed by atoms with van der Waals surface area (Å²) in [5.41, 5.74) is 2.53. The van der Waals surface area contributed by atoms with Gasteiger partial charge in [-0.3, -0.25) is 4.68 Å². The number of carbonyl (C=O) groups is 1. The van der Waals surface area contributed by atoms with Crippen molar-refractivity contribution in [3.05, 3.63) is 11.9 Å². The second kappa shape index (κ2) is 6.77. The fourth-order valence-electron chi connectivity index (χ4n) is 4.32. The van der Waals surface area contributed by atoms with E-state index in [4.69, 9.17) is 0 Å². The summed E-state index contributed by atoms with van der Waals surface area (Å²) in [7, 11) is 0. The van der Waals surface area contributed by atoms with Crippen LogP contribution in [0, 0.1) is 17.3 Å². The molecule has 1 spiro atoms. The van der Waals surface area contributed by atoms with Crippen molar-refractivity contribution >= 4 is 11.7 Å². The van der Waals surface area contributed by atoms with E-state index in [0.29, 0.717) is 23.2 Å². The number of anilines is 1. The predicted octanol–water partition coefficient (Wildman–Crippen LogP) is 4.36. The summed E-state index contributed by atoms with van der Waals surface area (Å²) >= 11 is 0. The zero-order valence-electron chi connectivity index (χ0n) is 15.6. The molecule has 2 aliphatic rings. The molecule has 0 aromatic carbocycles. The van der Waals surface area contributed by atoms with Gasteiger partial charge in [-0.15, -0.1) is 0 Å². The topological polar surface area (TPSA) is 59.0 Å². The van der Waals surface area contributed by atoms with Crippen molar-refractivity contribution in [2.24, 2.45) is 17.3 Å². The molecule has 2 fully saturated rings. The molecule has 134 valence electrons. The number of nitrogens with one attached hydrogen (secondary N) is 2. The van der Waals surface area contributed by atoms with Gasteiger partial charge in [-0.05, 0) is 48.9 Å². The highest BCUT2D eigenvalue weighted by Crippen LogP contribution is 2.60. The van der Waals surface area contributed by atoms with Crippen LogP contribution < -0.4 is 10.6 Å². The molecule has 0 radical (unpaired) electrons. The number of carbonyl (C=O) groups excluding carboxylic acids is 1. The number of aromatic nitrogens is 2. The fraction of sp³-hybridized carbons (Fsp3) is 0.789. The van der Waals surface area contributed by atoms with Crippen molar-refractivity contribution in [2.45, 2.75) is 72.3 Å². The number of nitrogens with zero attached hydrogens (tertiary/aromatic N) is 2. The van der Waals surface area contributed by atoms with Gasteiger partial charge in [-0.25, -0.2) is 4.79 Å². The van der Waals surface area contributed by atoms with Crippen molar-refractivity contribution in [2.75, 3.05) is 11.9 Å². The molecule has 0 bridgehead atoms. The van der Waals surface area contributed by atoms with Gasteiger partial charge < -0.3 is 10.6 Å². The lowest BCUT2D eigenvalue weighted by Gasteiger charge is -2.19. The minimum atomic E-state index is -0.0938. The molecule has 2 aliphatic carbocycles. The zero-order chi connectivity index (χ0) is 17.3. The summed E-state index contributed by atoms with van der Waals surface area (Å²) in [6, 6.07) is -0.0938. The second-order valence-corrected chi connectivity index (χ2v) is 8.46. The Morgan fingerprint density at radius 1 is 1.33 bits per heavy atom. The van der Waals surface area contributed by atoms with Gasteiger partial charge >= 0.3 is 6.03 Å². The quantitative estimate of drug-likeness (QED) is 0.813. The van der Waals surface area contributed by atoms with E-state index in [2.05, 4.69) is 43.4 Å². The molecule has 1 aromatic heterocycles. The molecule has 5 nitrogen and oxygen atoms in total. The zero-order valence-corrected chi connectivity index (χ0v) is 15.6. The van der Waals surface area contributed by atoms with Crippen LogP contribution in [0.4, 0.5) is 10.5 Å². The monoisotopic (exact) mass is 332 g/mol. The Kier molecular flexibility index (Phi) is 4.88. The van der Waals surface area contributed by atoms with Crippen LogP contribution in [0.2, 0.25) is 0 Å². The van der Waals surface area contributed by atoms with E-state index in [1.54, 1.807) is 6.20 Å². The molecule has 1 aromatic rings. The molecule has 0 aliphatic heterocycles. The standard InChI is InChI=1S/C19H32N4O/c1-13(2)12-23-17(14(3)4)16(11-21-23)22-18(24)20-10-15-6-5-7-19(15)8-9-19/h11,13-15H,5-10,12H2,1-4H3,(H2,20,22,24). The molecule has 2 amide bonds. The molecule has 3 rings (SSSR count). The predicted molar refractivity (Wildman–Crippen MR) is 97.2 cm³/mol. The summed E-state index contributed by atoms with van der Waals surface area (Å²) < 4.78 is 2.03. The molecule has 1 unspecified atom stereocenters. The van der Waals surface area contributed by atoms with Gasteiger partial charge in [-0.1, -0.05) is 34.1 Å². The maximum absolute atomic E-state index is 12.3. The van der Waals surface area contributed by atoms with Gasteiger partial charge in [0.2, 0.25) is 0 Å². The van der Waals surface area contributed by atoms with Crippen LogP contribution in [0.25, 0.3) is 0 Å². The minimum absolute atomic E-state index is 0.0938. The van der Waals surface area contributed by atoms with E-state index < -0.39 is 0 Å². The summed E-state index contributed by atoms with van der Waals surface area (Å²) in [6.07, 6.45) is 8.47. The molecule has 5 heteroatoms. The molecule has 0 saturated heterocycles. The van der Waals surface area contributed by atoms with Gasteiger partial charge in [0.15, 0.2) is 0 Å². The number of urea groups is 1. The third-order valence-corrected chi connectivity index (χ3v) is 5.71. The third kappa shape index (κ3) is 3.60. The van der Waals surface area contributed by atoms with Gasteiger partial charge in [0.05, 0.1) is 17.6 Å². The van der Waals surface area contributed by atoms with Crippen LogP contribution in [0.3, 0.4) is 0 Å². The van der Waals surface area contributed by atoms with Crippen molar-refractivity contribution in [3.8, 4) is 0 Å². The fourth-order valence-corrected chi connectivity index (χ4v) is 4.32. The maximum atomic E-state index is 12.3. The van der Waals surface area contributed by atoms with E-state index in [0.717, 1.165) is 24.5 Å². The summed E-state index contributed by atoms with van der Waals surface area (Å²) in [4.78, 5) is 12.3. The summed E-state index contributed by atoms with van der Waals surface area (Å²) in [6.45, 7) is 10.3. The third-order valence-electron chi connectivity index (χ3n) is 5.71. The second-order valence-electron chi connectivity index (χ2n) is 8.46. The Balaban J connectivity index is 1.58. The number of hydrogen-bond acceptors (Lipinski definition) is 2. The number of hydrogen-bond donors (Lipinski definition) is 2. The average molecular weight is 332 g/mol. The van der Waals surface area contributed by atoms with Gasteiger partial charge in [-0.2, -0.15) is 5.10 Å². The van der Waals surface area contributed by atoms with Crippen molar-refractivity contribution < 1.29 is 4.79 Å². The maximum Gasteiger partial charge on any atom is 0.319 e. The lowest BCUT2D eigenvalue weighted by Crippen LogP contribution is -2.34. The highest BCUT2D eigenvalue weighted by molar-refractivity contribution is 5.89. The van der Waals surface area contributed by atoms with Gasteiger partial charge in [0.1, 0.15) is 0 Å². The van der Waals surface area contributed by atoms with Crippen LogP contribution in [0.15, 0.2) is 6.20 Å². The van der Waals surface area contributed by atoms with E-state index in [-0.39, 0.29) is 6.03 Å². The van der Waals surface area contributed by atoms with Crippen molar-refractivity contribution in [3.63, 3.8) is 0 Å². The van der Waals surface area contributed by atoms with E-state index in [9.17, 15) is 4.79 Å². The van der Waals surface area contributed by atoms with Crippen LogP contribution in [-0.2, 0) is 6.54 Å². The Hall–Kier alpha value is -1.52. The minimum Gasteiger partial charge on any atom is -0.338 e. The smallest absolute Gasteiger partial charge is 0.319 e. The SMILES string of the molecule is CC(C)Cn1ncc(NC(=O)NCC2CCCC23CC3)c1C(C)C. The highest BCUT2D eigenvalue weighted by atomic mass is 16.2. The van der Waals surface area contributed by atoms with Crippen molar-refractivity contribution in [1.29, 1.82) is 0 Å². The Morgan fingerprint density at radius 2 is 2.08 bits per heavy atom. The largest absolute Gasteiger partial charge is 0.338 e. The molecule has 1 atom stereocenters. The van der Waals surface area contributed by atoms with E-state index in [1.165, 1.54) is 32.1 Å². The molecule has 24 heavy (non-hydrogen) atoms. The molecule has 1 heterocycles. The van der Waals surface area contributed by atoms with Crippen LogP contribution in [0.5, 0.6) is 0 Å². The number of rotatable bonds is 6. The van der Waals surface area contributed by atoms with Crippen molar-refractivity contribution in [1.82, 2.24) is 15.1 Å². The first kappa shape index (κ1) is 17.3. The summed E-state index contributed by atoms with van der Waals surface area (Å²) in [5.74, 6) is 1.53. The molecular weight excluding hydrogens is 300 g/mol. The Morgan fingerprint density at radius 3 is 2.71 bits per heavy atom. The first-order chi connectivity index (χ1) is 11.4. The first-order valence-electron chi connectivity index (χ1n) is 9.52. The number of amides is 2. The van der Waals surface area contributed by atoms with E-state index in [1.807, 2.05) is 4.68 Å². The Bertz CT molecular complexity index is 586. The summed E-state index contributed by atoms with van der Waals surface area (Å²) in [5, 5.41) is 10.6. The molecule has 2 N–H and O–H groups in total. The lowest BCUT2D eigenvalue weighted by atomic mass is 9.93. The van der Waals surface area contributed by atoms with Crippen LogP contribution >= 0.6 is 0 Å². The Labute approximate surface area is 145 Å². The van der Waals surface area contributed by atoms with Gasteiger partial charge in [0, 0.05) is 13.1 Å². The highest BCUT2D eigenvalue weighted by Gasteiger charge is 2.51.